The number of nitrogens with zero attached hydrogens (tertiary/aromatic N) is 3. The number of aromatic nitrogens is 2. The molecule has 0 amide bonds. The molecule has 0 spiro atoms. The third-order valence-corrected chi connectivity index (χ3v) is 5.52. The first-order valence-electron chi connectivity index (χ1n) is 10.9. The molecule has 1 aliphatic rings. The minimum absolute atomic E-state index is 0.00301. The van der Waals surface area contributed by atoms with Crippen LogP contribution in [0.1, 0.15) is 30.7 Å². The van der Waals surface area contributed by atoms with Crippen molar-refractivity contribution in [3.8, 4) is 17.2 Å². The van der Waals surface area contributed by atoms with Gasteiger partial charge in [0.2, 0.25) is 0 Å². The van der Waals surface area contributed by atoms with Crippen LogP contribution in [0, 0.1) is 0 Å². The first-order valence-corrected chi connectivity index (χ1v) is 10.9. The highest BCUT2D eigenvalue weighted by Crippen LogP contribution is 2.36. The summed E-state index contributed by atoms with van der Waals surface area (Å²) in [5.41, 5.74) is 1.84. The highest BCUT2D eigenvalue weighted by molar-refractivity contribution is 5.93. The predicted octanol–water partition coefficient (Wildman–Crippen LogP) is 4.18. The van der Waals surface area contributed by atoms with Crippen molar-refractivity contribution in [1.82, 2.24) is 9.97 Å². The molecule has 0 radical (unpaired) electrons. The number of methoxy groups -OCH3 is 2. The summed E-state index contributed by atoms with van der Waals surface area (Å²) in [4.78, 5) is 12.0. The fraction of sp³-hybridized carbons (Fsp3) is 0.360. The van der Waals surface area contributed by atoms with Crippen molar-refractivity contribution in [2.45, 2.75) is 19.3 Å². The van der Waals surface area contributed by atoms with Gasteiger partial charge in [-0.3, -0.25) is 0 Å². The molecular formula is C25H29N3O4. The summed E-state index contributed by atoms with van der Waals surface area (Å²) in [6, 6.07) is 11.6. The molecule has 1 fully saturated rings. The molecular weight excluding hydrogens is 406 g/mol. The largest absolute Gasteiger partial charge is 0.493 e. The Bertz CT molecular complexity index is 1080. The minimum atomic E-state index is -0.00301. The average molecular weight is 436 g/mol. The van der Waals surface area contributed by atoms with Crippen molar-refractivity contribution in [3.63, 3.8) is 0 Å². The standard InChI is InChI=1S/C25H29N3O4/c1-30-22-16-20-21(17-23(22)31-2)26-24(27-25(20)28-12-4-3-5-13-28)11-8-18-6-9-19(10-7-18)32-15-14-29/h6-11,16-17,29H,3-5,12-15H2,1-2H3/b11-8+. The second kappa shape index (κ2) is 10.3. The summed E-state index contributed by atoms with van der Waals surface area (Å²) in [6.07, 6.45) is 7.48. The number of hydrogen-bond acceptors (Lipinski definition) is 7. The van der Waals surface area contributed by atoms with Gasteiger partial charge < -0.3 is 24.2 Å². The summed E-state index contributed by atoms with van der Waals surface area (Å²) >= 11 is 0. The van der Waals surface area contributed by atoms with Gasteiger partial charge in [0.15, 0.2) is 17.3 Å². The summed E-state index contributed by atoms with van der Waals surface area (Å²) < 4.78 is 16.4. The van der Waals surface area contributed by atoms with Gasteiger partial charge in [-0.05, 0) is 49.1 Å². The molecule has 1 aromatic heterocycles. The summed E-state index contributed by atoms with van der Waals surface area (Å²) in [5, 5.41) is 9.84. The van der Waals surface area contributed by atoms with Crippen molar-refractivity contribution in [2.75, 3.05) is 45.4 Å². The molecule has 1 N–H and O–H groups in total. The summed E-state index contributed by atoms with van der Waals surface area (Å²) in [5.74, 6) is 3.63. The van der Waals surface area contributed by atoms with Crippen molar-refractivity contribution in [3.05, 3.63) is 47.8 Å². The lowest BCUT2D eigenvalue weighted by Gasteiger charge is -2.29. The Hall–Kier alpha value is -3.32. The topological polar surface area (TPSA) is 76.9 Å². The van der Waals surface area contributed by atoms with E-state index in [0.29, 0.717) is 17.3 Å². The van der Waals surface area contributed by atoms with Crippen LogP contribution in [0.2, 0.25) is 0 Å². The number of hydrogen-bond donors (Lipinski definition) is 1. The molecule has 3 aromatic rings. The molecule has 0 unspecified atom stereocenters. The van der Waals surface area contributed by atoms with Gasteiger partial charge in [0.05, 0.1) is 26.3 Å². The molecule has 7 nitrogen and oxygen atoms in total. The maximum atomic E-state index is 8.88. The Kier molecular flexibility index (Phi) is 7.07. The Morgan fingerprint density at radius 3 is 2.34 bits per heavy atom. The molecule has 2 aromatic carbocycles. The Balaban J connectivity index is 1.69. The first-order chi connectivity index (χ1) is 15.7. The smallest absolute Gasteiger partial charge is 0.162 e. The molecule has 168 valence electrons. The highest BCUT2D eigenvalue weighted by atomic mass is 16.5. The molecule has 0 atom stereocenters. The van der Waals surface area contributed by atoms with E-state index in [9.17, 15) is 0 Å². The van der Waals surface area contributed by atoms with Gasteiger partial charge in [0.25, 0.3) is 0 Å². The van der Waals surface area contributed by atoms with E-state index in [1.165, 1.54) is 6.42 Å². The lowest BCUT2D eigenvalue weighted by Crippen LogP contribution is -2.30. The van der Waals surface area contributed by atoms with Crippen LogP contribution in [-0.4, -0.2) is 55.6 Å². The van der Waals surface area contributed by atoms with E-state index in [1.54, 1.807) is 14.2 Å². The van der Waals surface area contributed by atoms with E-state index in [4.69, 9.17) is 29.3 Å². The van der Waals surface area contributed by atoms with Crippen LogP contribution in [0.4, 0.5) is 5.82 Å². The number of piperidine rings is 1. The van der Waals surface area contributed by atoms with Crippen LogP contribution in [-0.2, 0) is 0 Å². The zero-order chi connectivity index (χ0) is 22.3. The third kappa shape index (κ3) is 4.94. The van der Waals surface area contributed by atoms with Gasteiger partial charge in [-0.2, -0.15) is 0 Å². The summed E-state index contributed by atoms with van der Waals surface area (Å²) in [6.45, 7) is 2.25. The molecule has 0 bridgehead atoms. The number of aliphatic hydroxyl groups is 1. The monoisotopic (exact) mass is 435 g/mol. The molecule has 2 heterocycles. The lowest BCUT2D eigenvalue weighted by molar-refractivity contribution is 0.201. The van der Waals surface area contributed by atoms with Crippen LogP contribution in [0.25, 0.3) is 23.1 Å². The van der Waals surface area contributed by atoms with Crippen LogP contribution in [0.15, 0.2) is 36.4 Å². The molecule has 4 rings (SSSR count). The molecule has 1 aliphatic heterocycles. The molecule has 7 heteroatoms. The average Bonchev–Trinajstić information content (AvgIpc) is 2.86. The van der Waals surface area contributed by atoms with Crippen LogP contribution in [0.5, 0.6) is 17.2 Å². The maximum Gasteiger partial charge on any atom is 0.162 e. The zero-order valence-electron chi connectivity index (χ0n) is 18.6. The van der Waals surface area contributed by atoms with Gasteiger partial charge >= 0.3 is 0 Å². The number of anilines is 1. The lowest BCUT2D eigenvalue weighted by atomic mass is 10.1. The predicted molar refractivity (Wildman–Crippen MR) is 127 cm³/mol. The van der Waals surface area contributed by atoms with E-state index in [2.05, 4.69) is 4.90 Å². The zero-order valence-corrected chi connectivity index (χ0v) is 18.6. The van der Waals surface area contributed by atoms with Crippen LogP contribution < -0.4 is 19.1 Å². The van der Waals surface area contributed by atoms with Gasteiger partial charge in [-0.1, -0.05) is 18.2 Å². The number of fused-ring (bicyclic) bond motifs is 1. The van der Waals surface area contributed by atoms with E-state index in [-0.39, 0.29) is 13.2 Å². The number of ether oxygens (including phenoxy) is 3. The van der Waals surface area contributed by atoms with Crippen molar-refractivity contribution >= 4 is 28.9 Å². The van der Waals surface area contributed by atoms with Crippen molar-refractivity contribution < 1.29 is 19.3 Å². The van der Waals surface area contributed by atoms with Gasteiger partial charge in [0.1, 0.15) is 18.2 Å². The fourth-order valence-electron chi connectivity index (χ4n) is 3.89. The van der Waals surface area contributed by atoms with Crippen molar-refractivity contribution in [1.29, 1.82) is 0 Å². The minimum Gasteiger partial charge on any atom is -0.493 e. The second-order valence-corrected chi connectivity index (χ2v) is 7.65. The first kappa shape index (κ1) is 21.9. The number of aliphatic hydroxyl groups excluding tert-OH is 1. The fourth-order valence-corrected chi connectivity index (χ4v) is 3.89. The second-order valence-electron chi connectivity index (χ2n) is 7.65. The SMILES string of the molecule is COc1cc2nc(/C=C/c3ccc(OCCO)cc3)nc(N3CCCCC3)c2cc1OC. The Labute approximate surface area is 188 Å². The van der Waals surface area contributed by atoms with Crippen molar-refractivity contribution in [2.24, 2.45) is 0 Å². The van der Waals surface area contributed by atoms with Gasteiger partial charge in [0, 0.05) is 24.5 Å². The number of benzene rings is 2. The molecule has 1 saturated heterocycles. The Morgan fingerprint density at radius 1 is 0.938 bits per heavy atom. The summed E-state index contributed by atoms with van der Waals surface area (Å²) in [7, 11) is 3.27. The molecule has 32 heavy (non-hydrogen) atoms. The quantitative estimate of drug-likeness (QED) is 0.569. The normalized spacial score (nSPS) is 14.2. The van der Waals surface area contributed by atoms with Gasteiger partial charge in [-0.25, -0.2) is 9.97 Å². The third-order valence-electron chi connectivity index (χ3n) is 5.52. The molecule has 0 saturated carbocycles. The van der Waals surface area contributed by atoms with Crippen LogP contribution in [0.3, 0.4) is 0 Å². The van der Waals surface area contributed by atoms with Crippen LogP contribution >= 0.6 is 0 Å². The van der Waals surface area contributed by atoms with E-state index >= 15 is 0 Å². The number of rotatable bonds is 8. The highest BCUT2D eigenvalue weighted by Gasteiger charge is 2.19. The van der Waals surface area contributed by atoms with Gasteiger partial charge in [-0.15, -0.1) is 0 Å². The maximum absolute atomic E-state index is 8.88. The Morgan fingerprint density at radius 2 is 1.66 bits per heavy atom. The van der Waals surface area contributed by atoms with E-state index < -0.39 is 0 Å². The van der Waals surface area contributed by atoms with E-state index in [0.717, 1.165) is 54.0 Å². The molecule has 0 aliphatic carbocycles. The van der Waals surface area contributed by atoms with E-state index in [1.807, 2.05) is 48.6 Å².